The molecule has 1 aliphatic heterocycles. The average Bonchev–Trinajstić information content (AvgIpc) is 2.90. The molecule has 0 saturated carbocycles. The molecule has 0 aliphatic carbocycles. The van der Waals surface area contributed by atoms with Crippen LogP contribution in [0.4, 0.5) is 0 Å². The number of aromatic nitrogens is 1. The molecule has 1 aromatic heterocycles. The van der Waals surface area contributed by atoms with Crippen LogP contribution in [0.15, 0.2) is 22.6 Å². The zero-order chi connectivity index (χ0) is 14.8. The molecule has 1 saturated heterocycles. The Hall–Kier alpha value is -1.59. The third-order valence-electron chi connectivity index (χ3n) is 3.89. The maximum atomic E-state index is 11.8. The summed E-state index contributed by atoms with van der Waals surface area (Å²) in [5, 5.41) is 3.56. The van der Waals surface area contributed by atoms with E-state index in [1.807, 2.05) is 17.0 Å². The quantitative estimate of drug-likeness (QED) is 0.946. The molecule has 3 rings (SSSR count). The van der Waals surface area contributed by atoms with Crippen molar-refractivity contribution in [3.63, 3.8) is 0 Å². The zero-order valence-corrected chi connectivity index (χ0v) is 12.7. The second kappa shape index (κ2) is 6.03. The summed E-state index contributed by atoms with van der Waals surface area (Å²) in [6.45, 7) is 1.90. The van der Waals surface area contributed by atoms with Gasteiger partial charge in [-0.15, -0.1) is 0 Å². The van der Waals surface area contributed by atoms with E-state index in [0.29, 0.717) is 11.6 Å². The highest BCUT2D eigenvalue weighted by atomic mass is 35.5. The van der Waals surface area contributed by atoms with Gasteiger partial charge in [0.1, 0.15) is 5.52 Å². The van der Waals surface area contributed by atoms with Gasteiger partial charge in [0.05, 0.1) is 6.54 Å². The zero-order valence-electron chi connectivity index (χ0n) is 11.9. The molecule has 1 fully saturated rings. The molecule has 0 atom stereocenters. The van der Waals surface area contributed by atoms with Gasteiger partial charge in [0.15, 0.2) is 11.5 Å². The number of halogens is 1. The first kappa shape index (κ1) is 14.4. The van der Waals surface area contributed by atoms with Crippen LogP contribution in [-0.4, -0.2) is 42.5 Å². The molecule has 5 nitrogen and oxygen atoms in total. The van der Waals surface area contributed by atoms with Crippen molar-refractivity contribution < 1.29 is 9.21 Å². The van der Waals surface area contributed by atoms with Crippen LogP contribution in [0.3, 0.4) is 0 Å². The van der Waals surface area contributed by atoms with Gasteiger partial charge >= 0.3 is 0 Å². The van der Waals surface area contributed by atoms with Crippen LogP contribution in [0.5, 0.6) is 0 Å². The predicted octanol–water partition coefficient (Wildman–Crippen LogP) is 2.41. The molecule has 0 radical (unpaired) electrons. The van der Waals surface area contributed by atoms with Gasteiger partial charge in [0, 0.05) is 24.0 Å². The van der Waals surface area contributed by atoms with Crippen LogP contribution < -0.4 is 5.32 Å². The largest absolute Gasteiger partial charge is 0.440 e. The van der Waals surface area contributed by atoms with Gasteiger partial charge in [0.25, 0.3) is 0 Å². The Bertz CT molecular complexity index is 647. The molecule has 0 spiro atoms. The Kier molecular flexibility index (Phi) is 4.12. The summed E-state index contributed by atoms with van der Waals surface area (Å²) in [5.74, 6) is 1.18. The maximum Gasteiger partial charge on any atom is 0.236 e. The smallest absolute Gasteiger partial charge is 0.236 e. The van der Waals surface area contributed by atoms with Crippen molar-refractivity contribution in [1.29, 1.82) is 0 Å². The highest BCUT2D eigenvalue weighted by Gasteiger charge is 2.26. The summed E-state index contributed by atoms with van der Waals surface area (Å²) in [7, 11) is 1.79. The van der Waals surface area contributed by atoms with Gasteiger partial charge in [-0.05, 0) is 38.1 Å². The van der Waals surface area contributed by atoms with Crippen molar-refractivity contribution in [1.82, 2.24) is 15.2 Å². The lowest BCUT2D eigenvalue weighted by Gasteiger charge is -2.30. The number of benzene rings is 1. The normalized spacial score (nSPS) is 16.6. The van der Waals surface area contributed by atoms with E-state index < -0.39 is 0 Å². The van der Waals surface area contributed by atoms with E-state index in [4.69, 9.17) is 16.0 Å². The molecule has 2 heterocycles. The topological polar surface area (TPSA) is 58.4 Å². The first-order valence-electron chi connectivity index (χ1n) is 7.15. The molecule has 1 N–H and O–H groups in total. The second-order valence-electron chi connectivity index (χ2n) is 5.35. The van der Waals surface area contributed by atoms with E-state index in [9.17, 15) is 4.79 Å². The lowest BCUT2D eigenvalue weighted by Crippen LogP contribution is -2.41. The first-order valence-corrected chi connectivity index (χ1v) is 7.53. The number of piperidine rings is 1. The minimum absolute atomic E-state index is 0.153. The number of nitrogens with zero attached hydrogens (tertiary/aromatic N) is 2. The minimum Gasteiger partial charge on any atom is -0.440 e. The van der Waals surface area contributed by atoms with Crippen LogP contribution in [0, 0.1) is 0 Å². The van der Waals surface area contributed by atoms with Crippen LogP contribution >= 0.6 is 11.6 Å². The Morgan fingerprint density at radius 2 is 2.24 bits per heavy atom. The monoisotopic (exact) mass is 307 g/mol. The van der Waals surface area contributed by atoms with Crippen LogP contribution in [0.25, 0.3) is 11.1 Å². The maximum absolute atomic E-state index is 11.8. The van der Waals surface area contributed by atoms with E-state index in [1.54, 1.807) is 13.1 Å². The lowest BCUT2D eigenvalue weighted by molar-refractivity contribution is -0.131. The Morgan fingerprint density at radius 1 is 1.48 bits per heavy atom. The summed E-state index contributed by atoms with van der Waals surface area (Å²) in [4.78, 5) is 18.3. The molecule has 112 valence electrons. The Labute approximate surface area is 128 Å². The van der Waals surface area contributed by atoms with Gasteiger partial charge in [-0.25, -0.2) is 4.98 Å². The van der Waals surface area contributed by atoms with Crippen LogP contribution in [0.2, 0.25) is 5.02 Å². The van der Waals surface area contributed by atoms with Crippen LogP contribution in [-0.2, 0) is 4.79 Å². The number of nitrogens with one attached hydrogen (secondary N) is 1. The van der Waals surface area contributed by atoms with Crippen molar-refractivity contribution >= 4 is 28.6 Å². The summed E-state index contributed by atoms with van der Waals surface area (Å²) in [6, 6.07) is 5.47. The van der Waals surface area contributed by atoms with Crippen molar-refractivity contribution in [2.75, 3.05) is 26.7 Å². The summed E-state index contributed by atoms with van der Waals surface area (Å²) in [5.41, 5.74) is 1.56. The number of likely N-dealkylation sites (N-methyl/N-ethyl adjacent to an activating group) is 1. The predicted molar refractivity (Wildman–Crippen MR) is 81.5 cm³/mol. The third kappa shape index (κ3) is 3.04. The molecular weight excluding hydrogens is 290 g/mol. The van der Waals surface area contributed by atoms with Crippen molar-refractivity contribution in [2.45, 2.75) is 18.8 Å². The highest BCUT2D eigenvalue weighted by molar-refractivity contribution is 6.31. The van der Waals surface area contributed by atoms with Gasteiger partial charge in [-0.2, -0.15) is 0 Å². The summed E-state index contributed by atoms with van der Waals surface area (Å²) < 4.78 is 5.82. The fourth-order valence-electron chi connectivity index (χ4n) is 2.73. The molecule has 21 heavy (non-hydrogen) atoms. The standard InChI is InChI=1S/C15H18ClN3O2/c1-17-9-14(20)19-6-4-10(5-7-19)15-18-12-8-11(16)2-3-13(12)21-15/h2-3,8,10,17H,4-7,9H2,1H3. The number of hydrogen-bond donors (Lipinski definition) is 1. The van der Waals surface area contributed by atoms with Crippen molar-refractivity contribution in [3.05, 3.63) is 29.1 Å². The average molecular weight is 308 g/mol. The van der Waals surface area contributed by atoms with Gasteiger partial charge in [-0.1, -0.05) is 11.6 Å². The number of carbonyl (C=O) groups is 1. The first-order chi connectivity index (χ1) is 10.2. The molecule has 1 amide bonds. The van der Waals surface area contributed by atoms with Crippen molar-refractivity contribution in [3.8, 4) is 0 Å². The molecule has 0 unspecified atom stereocenters. The van der Waals surface area contributed by atoms with E-state index in [2.05, 4.69) is 10.3 Å². The van der Waals surface area contributed by atoms with Crippen molar-refractivity contribution in [2.24, 2.45) is 0 Å². The number of carbonyl (C=O) groups excluding carboxylic acids is 1. The van der Waals surface area contributed by atoms with Gasteiger partial charge in [-0.3, -0.25) is 4.79 Å². The fraction of sp³-hybridized carbons (Fsp3) is 0.467. The van der Waals surface area contributed by atoms with E-state index in [-0.39, 0.29) is 11.8 Å². The van der Waals surface area contributed by atoms with E-state index >= 15 is 0 Å². The van der Waals surface area contributed by atoms with Gasteiger partial charge in [0.2, 0.25) is 5.91 Å². The van der Waals surface area contributed by atoms with Gasteiger partial charge < -0.3 is 14.6 Å². The lowest BCUT2D eigenvalue weighted by atomic mass is 9.97. The molecular formula is C15H18ClN3O2. The Morgan fingerprint density at radius 3 is 2.95 bits per heavy atom. The second-order valence-corrected chi connectivity index (χ2v) is 5.79. The molecule has 6 heteroatoms. The number of amides is 1. The van der Waals surface area contributed by atoms with E-state index in [1.165, 1.54) is 0 Å². The highest BCUT2D eigenvalue weighted by Crippen LogP contribution is 2.30. The molecule has 0 bridgehead atoms. The molecule has 1 aliphatic rings. The van der Waals surface area contributed by atoms with E-state index in [0.717, 1.165) is 42.9 Å². The molecule has 2 aromatic rings. The number of rotatable bonds is 3. The SMILES string of the molecule is CNCC(=O)N1CCC(c2nc3cc(Cl)ccc3o2)CC1. The minimum atomic E-state index is 0.153. The molecule has 1 aromatic carbocycles. The third-order valence-corrected chi connectivity index (χ3v) is 4.13. The number of fused-ring (bicyclic) bond motifs is 1. The number of hydrogen-bond acceptors (Lipinski definition) is 4. The van der Waals surface area contributed by atoms with Crippen LogP contribution in [0.1, 0.15) is 24.7 Å². The fourth-order valence-corrected chi connectivity index (χ4v) is 2.90. The number of oxazole rings is 1. The summed E-state index contributed by atoms with van der Waals surface area (Å²) in [6.07, 6.45) is 1.77. The summed E-state index contributed by atoms with van der Waals surface area (Å²) >= 11 is 5.97. The number of likely N-dealkylation sites (tertiary alicyclic amines) is 1. The Balaban J connectivity index is 1.69.